The second-order valence-corrected chi connectivity index (χ2v) is 8.12. The van der Waals surface area contributed by atoms with Gasteiger partial charge in [-0.15, -0.1) is 0 Å². The molecule has 4 rings (SSSR count). The summed E-state index contributed by atoms with van der Waals surface area (Å²) in [6.45, 7) is 6.87. The number of nitrogens with zero attached hydrogens (tertiary/aromatic N) is 3. The predicted octanol–water partition coefficient (Wildman–Crippen LogP) is 4.49. The Bertz CT molecular complexity index is 1310. The molecular formula is C25H28N6O2. The average molecular weight is 445 g/mol. The lowest BCUT2D eigenvalue weighted by atomic mass is 9.94. The van der Waals surface area contributed by atoms with Gasteiger partial charge in [0.15, 0.2) is 5.69 Å². The summed E-state index contributed by atoms with van der Waals surface area (Å²) >= 11 is 0. The number of nitrogen functional groups attached to an aromatic ring is 1. The Morgan fingerprint density at radius 2 is 1.91 bits per heavy atom. The van der Waals surface area contributed by atoms with Crippen molar-refractivity contribution in [2.45, 2.75) is 33.6 Å². The number of carbonyl (C=O) groups is 1. The monoisotopic (exact) mass is 444 g/mol. The Labute approximate surface area is 192 Å². The van der Waals surface area contributed by atoms with E-state index < -0.39 is 5.91 Å². The summed E-state index contributed by atoms with van der Waals surface area (Å²) in [6.07, 6.45) is 3.83. The summed E-state index contributed by atoms with van der Waals surface area (Å²) in [5.41, 5.74) is 16.7. The molecule has 0 aliphatic heterocycles. The Balaban J connectivity index is 1.84. The van der Waals surface area contributed by atoms with Crippen molar-refractivity contribution in [3.05, 3.63) is 53.9 Å². The van der Waals surface area contributed by atoms with Gasteiger partial charge >= 0.3 is 0 Å². The Morgan fingerprint density at radius 1 is 1.12 bits per heavy atom. The fourth-order valence-electron chi connectivity index (χ4n) is 3.93. The van der Waals surface area contributed by atoms with Crippen LogP contribution in [0, 0.1) is 12.8 Å². The zero-order valence-electron chi connectivity index (χ0n) is 19.1. The van der Waals surface area contributed by atoms with Crippen LogP contribution in [0.15, 0.2) is 42.6 Å². The first-order valence-corrected chi connectivity index (χ1v) is 11.1. The van der Waals surface area contributed by atoms with Gasteiger partial charge in [0, 0.05) is 17.0 Å². The first kappa shape index (κ1) is 22.3. The largest absolute Gasteiger partial charge is 0.477 e. The molecule has 0 bridgehead atoms. The van der Waals surface area contributed by atoms with Crippen LogP contribution < -0.4 is 16.2 Å². The summed E-state index contributed by atoms with van der Waals surface area (Å²) in [7, 11) is 0. The van der Waals surface area contributed by atoms with E-state index in [9.17, 15) is 4.79 Å². The van der Waals surface area contributed by atoms with Gasteiger partial charge in [-0.2, -0.15) is 5.10 Å². The van der Waals surface area contributed by atoms with Crippen molar-refractivity contribution >= 4 is 22.5 Å². The standard InChI is InChI=1S/C25H28N6O2/c1-4-15(5-2)13-33-21-8-6-7-19(29-21)20-11-16(23(26)24(30-20)25(27)32)22-14(3)9-10-18-17(22)12-28-31-18/h6-12,15H,4-5,13,26H2,1-3H3,(H2,27,32)(H,28,31). The van der Waals surface area contributed by atoms with Crippen molar-refractivity contribution in [2.24, 2.45) is 11.7 Å². The minimum atomic E-state index is -0.700. The number of amides is 1. The number of H-pyrrole nitrogens is 1. The fourth-order valence-corrected chi connectivity index (χ4v) is 3.93. The molecule has 33 heavy (non-hydrogen) atoms. The lowest BCUT2D eigenvalue weighted by molar-refractivity contribution is 0.0996. The molecule has 8 heteroatoms. The topological polar surface area (TPSA) is 133 Å². The molecule has 1 aromatic carbocycles. The van der Waals surface area contributed by atoms with Crippen LogP contribution in [-0.2, 0) is 0 Å². The number of ether oxygens (including phenoxy) is 1. The Hall–Kier alpha value is -3.94. The highest BCUT2D eigenvalue weighted by molar-refractivity contribution is 6.05. The van der Waals surface area contributed by atoms with Gasteiger partial charge in [-0.3, -0.25) is 9.89 Å². The number of aromatic amines is 1. The number of hydrogen-bond acceptors (Lipinski definition) is 6. The summed E-state index contributed by atoms with van der Waals surface area (Å²) < 4.78 is 5.93. The van der Waals surface area contributed by atoms with Crippen molar-refractivity contribution in [3.8, 4) is 28.4 Å². The number of anilines is 1. The second kappa shape index (κ2) is 9.28. The lowest BCUT2D eigenvalue weighted by Crippen LogP contribution is -2.17. The molecule has 1 amide bonds. The van der Waals surface area contributed by atoms with Gasteiger partial charge in [0.05, 0.1) is 35.4 Å². The SMILES string of the molecule is CCC(CC)COc1cccc(-c2cc(-c3c(C)ccc4[nH]ncc34)c(N)c(C(N)=O)n2)n1. The van der Waals surface area contributed by atoms with E-state index in [4.69, 9.17) is 16.2 Å². The molecule has 0 saturated heterocycles. The first-order chi connectivity index (χ1) is 15.9. The molecule has 5 N–H and O–H groups in total. The van der Waals surface area contributed by atoms with Gasteiger partial charge in [0.2, 0.25) is 5.88 Å². The van der Waals surface area contributed by atoms with E-state index in [0.717, 1.165) is 34.9 Å². The van der Waals surface area contributed by atoms with Crippen LogP contribution in [0.5, 0.6) is 5.88 Å². The molecule has 0 atom stereocenters. The second-order valence-electron chi connectivity index (χ2n) is 8.12. The number of rotatable bonds is 8. The van der Waals surface area contributed by atoms with E-state index >= 15 is 0 Å². The number of aryl methyl sites for hydroxylation is 1. The van der Waals surface area contributed by atoms with Gasteiger partial charge in [-0.05, 0) is 42.2 Å². The van der Waals surface area contributed by atoms with Crippen molar-refractivity contribution in [3.63, 3.8) is 0 Å². The number of carbonyl (C=O) groups excluding carboxylic acids is 1. The number of fused-ring (bicyclic) bond motifs is 1. The quantitative estimate of drug-likeness (QED) is 0.367. The van der Waals surface area contributed by atoms with Crippen molar-refractivity contribution in [2.75, 3.05) is 12.3 Å². The third kappa shape index (κ3) is 4.37. The third-order valence-electron chi connectivity index (χ3n) is 6.00. The molecule has 0 aliphatic carbocycles. The first-order valence-electron chi connectivity index (χ1n) is 11.1. The van der Waals surface area contributed by atoms with Crippen LogP contribution in [0.4, 0.5) is 5.69 Å². The van der Waals surface area contributed by atoms with E-state index in [1.165, 1.54) is 0 Å². The summed E-state index contributed by atoms with van der Waals surface area (Å²) in [4.78, 5) is 21.3. The lowest BCUT2D eigenvalue weighted by Gasteiger charge is -2.16. The number of nitrogens with one attached hydrogen (secondary N) is 1. The number of pyridine rings is 2. The highest BCUT2D eigenvalue weighted by atomic mass is 16.5. The maximum Gasteiger partial charge on any atom is 0.269 e. The molecule has 0 unspecified atom stereocenters. The number of hydrogen-bond donors (Lipinski definition) is 3. The van der Waals surface area contributed by atoms with Gasteiger partial charge in [0.25, 0.3) is 5.91 Å². The molecule has 0 fully saturated rings. The molecule has 4 aromatic rings. The molecule has 8 nitrogen and oxygen atoms in total. The Kier molecular flexibility index (Phi) is 6.26. The molecule has 3 heterocycles. The van der Waals surface area contributed by atoms with Crippen LogP contribution in [-0.4, -0.2) is 32.7 Å². The minimum Gasteiger partial charge on any atom is -0.477 e. The summed E-state index contributed by atoms with van der Waals surface area (Å²) in [5.74, 6) is 0.277. The summed E-state index contributed by atoms with van der Waals surface area (Å²) in [6, 6.07) is 11.3. The third-order valence-corrected chi connectivity index (χ3v) is 6.00. The maximum atomic E-state index is 12.2. The highest BCUT2D eigenvalue weighted by Crippen LogP contribution is 2.37. The van der Waals surface area contributed by atoms with E-state index in [1.807, 2.05) is 43.3 Å². The average Bonchev–Trinajstić information content (AvgIpc) is 3.29. The van der Waals surface area contributed by atoms with Crippen LogP contribution in [0.2, 0.25) is 0 Å². The van der Waals surface area contributed by atoms with Gasteiger partial charge in [-0.1, -0.05) is 38.8 Å². The van der Waals surface area contributed by atoms with E-state index in [2.05, 4.69) is 34.0 Å². The minimum absolute atomic E-state index is 0.00699. The number of aromatic nitrogens is 4. The molecule has 170 valence electrons. The van der Waals surface area contributed by atoms with Crippen molar-refractivity contribution < 1.29 is 9.53 Å². The van der Waals surface area contributed by atoms with Gasteiger partial charge < -0.3 is 16.2 Å². The smallest absolute Gasteiger partial charge is 0.269 e. The summed E-state index contributed by atoms with van der Waals surface area (Å²) in [5, 5.41) is 8.02. The van der Waals surface area contributed by atoms with Crippen LogP contribution in [0.3, 0.4) is 0 Å². The van der Waals surface area contributed by atoms with E-state index in [-0.39, 0.29) is 11.4 Å². The normalized spacial score (nSPS) is 11.3. The maximum absolute atomic E-state index is 12.2. The number of nitrogens with two attached hydrogens (primary N) is 2. The van der Waals surface area contributed by atoms with Crippen molar-refractivity contribution in [1.82, 2.24) is 20.2 Å². The molecular weight excluding hydrogens is 416 g/mol. The highest BCUT2D eigenvalue weighted by Gasteiger charge is 2.20. The molecule has 0 aliphatic rings. The predicted molar refractivity (Wildman–Crippen MR) is 130 cm³/mol. The van der Waals surface area contributed by atoms with E-state index in [1.54, 1.807) is 6.20 Å². The zero-order chi connectivity index (χ0) is 23.5. The molecule has 0 spiro atoms. The molecule has 3 aromatic heterocycles. The van der Waals surface area contributed by atoms with Crippen LogP contribution in [0.1, 0.15) is 42.7 Å². The van der Waals surface area contributed by atoms with E-state index in [0.29, 0.717) is 35.4 Å². The Morgan fingerprint density at radius 3 is 2.64 bits per heavy atom. The molecule has 0 radical (unpaired) electrons. The van der Waals surface area contributed by atoms with Crippen molar-refractivity contribution in [1.29, 1.82) is 0 Å². The van der Waals surface area contributed by atoms with Gasteiger partial charge in [0.1, 0.15) is 0 Å². The molecule has 0 saturated carbocycles. The van der Waals surface area contributed by atoms with Crippen LogP contribution in [0.25, 0.3) is 33.4 Å². The van der Waals surface area contributed by atoms with Gasteiger partial charge in [-0.25, -0.2) is 9.97 Å². The number of primary amides is 1. The van der Waals surface area contributed by atoms with Crippen LogP contribution >= 0.6 is 0 Å². The fraction of sp³-hybridized carbons (Fsp3) is 0.280. The zero-order valence-corrected chi connectivity index (χ0v) is 19.1. The number of benzene rings is 1.